The van der Waals surface area contributed by atoms with E-state index in [9.17, 15) is 0 Å². The van der Waals surface area contributed by atoms with Gasteiger partial charge in [0, 0.05) is 12.7 Å². The molecule has 1 rings (SSSR count). The summed E-state index contributed by atoms with van der Waals surface area (Å²) in [4.78, 5) is 0. The Morgan fingerprint density at radius 3 is 3.00 bits per heavy atom. The largest absolute Gasteiger partial charge is 0.388 e. The first-order valence-corrected chi connectivity index (χ1v) is 2.99. The van der Waals surface area contributed by atoms with E-state index in [0.717, 1.165) is 11.3 Å². The summed E-state index contributed by atoms with van der Waals surface area (Å²) in [5, 5.41) is 3.01. The average Bonchev–Trinajstić information content (AvgIpc) is 1.95. The van der Waals surface area contributed by atoms with E-state index in [4.69, 9.17) is 1.37 Å². The summed E-state index contributed by atoms with van der Waals surface area (Å²) in [5.74, 6) is 0. The Balaban J connectivity index is 3.04. The Hall–Kier alpha value is -0.980. The van der Waals surface area contributed by atoms with Crippen molar-refractivity contribution in [1.29, 1.82) is 0 Å². The first-order valence-electron chi connectivity index (χ1n) is 3.49. The summed E-state index contributed by atoms with van der Waals surface area (Å²) in [7, 11) is 1.87. The van der Waals surface area contributed by atoms with Crippen molar-refractivity contribution in [1.82, 2.24) is 0 Å². The lowest BCUT2D eigenvalue weighted by Crippen LogP contribution is -1.86. The van der Waals surface area contributed by atoms with E-state index in [1.807, 2.05) is 26.1 Å². The highest BCUT2D eigenvalue weighted by molar-refractivity contribution is 5.44. The molecule has 0 aliphatic heterocycles. The zero-order valence-electron chi connectivity index (χ0n) is 6.73. The molecule has 0 aliphatic carbocycles. The van der Waals surface area contributed by atoms with E-state index in [1.165, 1.54) is 0 Å². The summed E-state index contributed by atoms with van der Waals surface area (Å²) in [6.07, 6.45) is 0. The quantitative estimate of drug-likeness (QED) is 0.601. The zero-order valence-corrected chi connectivity index (χ0v) is 5.73. The highest BCUT2D eigenvalue weighted by atomic mass is 14.8. The van der Waals surface area contributed by atoms with Crippen LogP contribution in [0.25, 0.3) is 0 Å². The van der Waals surface area contributed by atoms with Crippen LogP contribution in [0.4, 0.5) is 5.69 Å². The standard InChI is InChI=1S/C8H11N/c1-7-4-3-5-8(6-7)9-2/h3-6,9H,1-2H3/i4D. The Morgan fingerprint density at radius 1 is 1.67 bits per heavy atom. The lowest BCUT2D eigenvalue weighted by Gasteiger charge is -1.98. The van der Waals surface area contributed by atoms with Crippen molar-refractivity contribution in [2.75, 3.05) is 12.4 Å². The molecule has 0 saturated carbocycles. The molecule has 1 N–H and O–H groups in total. The number of hydrogen-bond donors (Lipinski definition) is 1. The minimum absolute atomic E-state index is 0.596. The Bertz CT molecular complexity index is 233. The molecule has 1 nitrogen and oxygen atoms in total. The highest BCUT2D eigenvalue weighted by Gasteiger charge is 1.84. The van der Waals surface area contributed by atoms with Crippen molar-refractivity contribution in [3.63, 3.8) is 0 Å². The minimum atomic E-state index is 0.596. The van der Waals surface area contributed by atoms with Crippen LogP contribution in [0.2, 0.25) is 0 Å². The lowest BCUT2D eigenvalue weighted by molar-refractivity contribution is 1.43. The maximum absolute atomic E-state index is 7.36. The van der Waals surface area contributed by atoms with Gasteiger partial charge in [-0.3, -0.25) is 0 Å². The Morgan fingerprint density at radius 2 is 2.44 bits per heavy atom. The Kier molecular flexibility index (Phi) is 1.37. The predicted octanol–water partition coefficient (Wildman–Crippen LogP) is 2.04. The molecule has 0 aliphatic rings. The van der Waals surface area contributed by atoms with E-state index in [1.54, 1.807) is 6.07 Å². The van der Waals surface area contributed by atoms with Gasteiger partial charge in [0.05, 0.1) is 1.37 Å². The number of nitrogens with one attached hydrogen (secondary N) is 1. The fraction of sp³-hybridized carbons (Fsp3) is 0.250. The van der Waals surface area contributed by atoms with Gasteiger partial charge in [0.1, 0.15) is 0 Å². The van der Waals surface area contributed by atoms with Gasteiger partial charge >= 0.3 is 0 Å². The van der Waals surface area contributed by atoms with Crippen LogP contribution in [0.1, 0.15) is 6.93 Å². The van der Waals surface area contributed by atoms with Gasteiger partial charge in [0.15, 0.2) is 0 Å². The van der Waals surface area contributed by atoms with E-state index in [-0.39, 0.29) is 0 Å². The summed E-state index contributed by atoms with van der Waals surface area (Å²) in [6, 6.07) is 6.25. The van der Waals surface area contributed by atoms with E-state index in [0.29, 0.717) is 6.04 Å². The molecule has 0 heterocycles. The first kappa shape index (κ1) is 4.86. The molecule has 48 valence electrons. The average molecular weight is 122 g/mol. The number of benzene rings is 1. The molecule has 9 heavy (non-hydrogen) atoms. The minimum Gasteiger partial charge on any atom is -0.388 e. The van der Waals surface area contributed by atoms with Crippen LogP contribution in [0.5, 0.6) is 0 Å². The molecule has 0 atom stereocenters. The van der Waals surface area contributed by atoms with Crippen LogP contribution in [0, 0.1) is 6.92 Å². The number of aryl methyl sites for hydroxylation is 1. The van der Waals surface area contributed by atoms with Crippen LogP contribution in [-0.4, -0.2) is 7.05 Å². The van der Waals surface area contributed by atoms with Gasteiger partial charge in [0.2, 0.25) is 0 Å². The van der Waals surface area contributed by atoms with Crippen molar-refractivity contribution >= 4 is 5.69 Å². The monoisotopic (exact) mass is 122 g/mol. The molecule has 0 unspecified atom stereocenters. The van der Waals surface area contributed by atoms with Gasteiger partial charge in [-0.2, -0.15) is 0 Å². The SMILES string of the molecule is [2H]c1ccc(NC)cc1C. The van der Waals surface area contributed by atoms with Gasteiger partial charge < -0.3 is 5.32 Å². The third kappa shape index (κ3) is 1.46. The third-order valence-corrected chi connectivity index (χ3v) is 1.23. The second-order valence-electron chi connectivity index (χ2n) is 2.01. The maximum Gasteiger partial charge on any atom is 0.0626 e. The van der Waals surface area contributed by atoms with Crippen molar-refractivity contribution in [3.8, 4) is 0 Å². The second kappa shape index (κ2) is 2.53. The molecule has 0 spiro atoms. The lowest BCUT2D eigenvalue weighted by atomic mass is 10.2. The van der Waals surface area contributed by atoms with E-state index < -0.39 is 0 Å². The molecule has 0 fully saturated rings. The topological polar surface area (TPSA) is 12.0 Å². The molecule has 1 aromatic rings. The summed E-state index contributed by atoms with van der Waals surface area (Å²) in [5.41, 5.74) is 2.07. The number of anilines is 1. The van der Waals surface area contributed by atoms with Crippen LogP contribution in [0.15, 0.2) is 24.2 Å². The molecular weight excluding hydrogens is 110 g/mol. The van der Waals surface area contributed by atoms with Gasteiger partial charge in [0.25, 0.3) is 0 Å². The van der Waals surface area contributed by atoms with E-state index in [2.05, 4.69) is 5.32 Å². The molecule has 1 aromatic carbocycles. The molecule has 0 saturated heterocycles. The van der Waals surface area contributed by atoms with Crippen molar-refractivity contribution in [3.05, 3.63) is 29.8 Å². The van der Waals surface area contributed by atoms with Crippen LogP contribution < -0.4 is 5.32 Å². The van der Waals surface area contributed by atoms with Gasteiger partial charge in [-0.1, -0.05) is 12.1 Å². The second-order valence-corrected chi connectivity index (χ2v) is 2.01. The molecule has 0 aromatic heterocycles. The Labute approximate surface area is 57.1 Å². The normalized spacial score (nSPS) is 10.7. The van der Waals surface area contributed by atoms with Crippen molar-refractivity contribution in [2.45, 2.75) is 6.92 Å². The zero-order chi connectivity index (χ0) is 7.56. The maximum atomic E-state index is 7.36. The van der Waals surface area contributed by atoms with Crippen LogP contribution in [0.3, 0.4) is 0 Å². The summed E-state index contributed by atoms with van der Waals surface area (Å²) >= 11 is 0. The molecule has 0 amide bonds. The van der Waals surface area contributed by atoms with Crippen molar-refractivity contribution in [2.24, 2.45) is 0 Å². The highest BCUT2D eigenvalue weighted by Crippen LogP contribution is 2.07. The van der Waals surface area contributed by atoms with Gasteiger partial charge in [-0.05, 0) is 24.6 Å². The molecule has 0 bridgehead atoms. The molecule has 1 heteroatoms. The van der Waals surface area contributed by atoms with Gasteiger partial charge in [-0.15, -0.1) is 0 Å². The fourth-order valence-corrected chi connectivity index (χ4v) is 0.741. The summed E-state index contributed by atoms with van der Waals surface area (Å²) in [6.45, 7) is 1.93. The summed E-state index contributed by atoms with van der Waals surface area (Å²) < 4.78 is 7.36. The third-order valence-electron chi connectivity index (χ3n) is 1.23. The van der Waals surface area contributed by atoms with Gasteiger partial charge in [-0.25, -0.2) is 0 Å². The number of hydrogen-bond acceptors (Lipinski definition) is 1. The van der Waals surface area contributed by atoms with Crippen molar-refractivity contribution < 1.29 is 1.37 Å². The molecule has 0 radical (unpaired) electrons. The molecular formula is C8H11N. The van der Waals surface area contributed by atoms with Crippen LogP contribution >= 0.6 is 0 Å². The van der Waals surface area contributed by atoms with Crippen LogP contribution in [-0.2, 0) is 0 Å². The number of rotatable bonds is 1. The fourth-order valence-electron chi connectivity index (χ4n) is 0.741. The predicted molar refractivity (Wildman–Crippen MR) is 40.7 cm³/mol. The van der Waals surface area contributed by atoms with E-state index >= 15 is 0 Å². The smallest absolute Gasteiger partial charge is 0.0626 e. The first-order chi connectivity index (χ1) is 4.74.